The van der Waals surface area contributed by atoms with Crippen LogP contribution < -0.4 is 9.64 Å². The van der Waals surface area contributed by atoms with Crippen LogP contribution >= 0.6 is 11.6 Å². The van der Waals surface area contributed by atoms with E-state index in [0.717, 1.165) is 11.3 Å². The van der Waals surface area contributed by atoms with E-state index in [1.165, 1.54) is 0 Å². The number of halogens is 1. The molecule has 3 rings (SSSR count). The van der Waals surface area contributed by atoms with Crippen molar-refractivity contribution < 1.29 is 19.4 Å². The van der Waals surface area contributed by atoms with Gasteiger partial charge < -0.3 is 14.6 Å². The van der Waals surface area contributed by atoms with Crippen molar-refractivity contribution in [2.75, 3.05) is 24.7 Å². The number of cyclic esters (lactones) is 1. The number of hydrogen-bond acceptors (Lipinski definition) is 4. The van der Waals surface area contributed by atoms with E-state index in [4.69, 9.17) is 26.2 Å². The molecule has 6 heteroatoms. The van der Waals surface area contributed by atoms with Gasteiger partial charge in [-0.3, -0.25) is 4.90 Å². The van der Waals surface area contributed by atoms with Crippen molar-refractivity contribution >= 4 is 23.4 Å². The van der Waals surface area contributed by atoms with Crippen LogP contribution in [0.5, 0.6) is 5.75 Å². The van der Waals surface area contributed by atoms with Crippen LogP contribution in [-0.4, -0.2) is 31.0 Å². The van der Waals surface area contributed by atoms with Crippen molar-refractivity contribution in [3.05, 3.63) is 59.1 Å². The second kappa shape index (κ2) is 6.89. The van der Waals surface area contributed by atoms with Gasteiger partial charge in [0, 0.05) is 10.7 Å². The fraction of sp³-hybridized carbons (Fsp3) is 0.235. The van der Waals surface area contributed by atoms with E-state index in [9.17, 15) is 4.79 Å². The maximum atomic E-state index is 12.1. The molecule has 0 unspecified atom stereocenters. The van der Waals surface area contributed by atoms with Gasteiger partial charge in [-0.2, -0.15) is 0 Å². The third-order valence-electron chi connectivity index (χ3n) is 3.58. The highest BCUT2D eigenvalue weighted by Crippen LogP contribution is 2.34. The minimum atomic E-state index is -0.390. The summed E-state index contributed by atoms with van der Waals surface area (Å²) < 4.78 is 10.6. The Morgan fingerprint density at radius 2 is 2.04 bits per heavy atom. The van der Waals surface area contributed by atoms with Gasteiger partial charge in [-0.25, -0.2) is 4.79 Å². The lowest BCUT2D eigenvalue weighted by Crippen LogP contribution is -2.27. The van der Waals surface area contributed by atoms with E-state index in [2.05, 4.69) is 0 Å². The fourth-order valence-electron chi connectivity index (χ4n) is 2.53. The third-order valence-corrected chi connectivity index (χ3v) is 3.83. The summed E-state index contributed by atoms with van der Waals surface area (Å²) in [7, 11) is 0. The zero-order valence-electron chi connectivity index (χ0n) is 12.3. The molecule has 2 aromatic carbocycles. The quantitative estimate of drug-likeness (QED) is 0.911. The van der Waals surface area contributed by atoms with Crippen molar-refractivity contribution in [3.63, 3.8) is 0 Å². The van der Waals surface area contributed by atoms with Crippen molar-refractivity contribution in [3.8, 4) is 5.75 Å². The van der Waals surface area contributed by atoms with Crippen molar-refractivity contribution in [2.45, 2.75) is 6.04 Å². The zero-order chi connectivity index (χ0) is 16.2. The Hall–Kier alpha value is -2.24. The first-order valence-electron chi connectivity index (χ1n) is 7.24. The molecule has 1 atom stereocenters. The summed E-state index contributed by atoms with van der Waals surface area (Å²) in [5, 5.41) is 9.46. The molecule has 0 radical (unpaired) electrons. The van der Waals surface area contributed by atoms with Gasteiger partial charge in [0.15, 0.2) is 0 Å². The number of amides is 1. The summed E-state index contributed by atoms with van der Waals surface area (Å²) in [5.41, 5.74) is 1.63. The highest BCUT2D eigenvalue weighted by atomic mass is 35.5. The summed E-state index contributed by atoms with van der Waals surface area (Å²) in [6.45, 7) is 0.446. The van der Waals surface area contributed by atoms with Crippen molar-refractivity contribution in [2.24, 2.45) is 0 Å². The molecule has 1 saturated heterocycles. The molecule has 0 bridgehead atoms. The zero-order valence-corrected chi connectivity index (χ0v) is 13.1. The number of benzene rings is 2. The number of hydrogen-bond donors (Lipinski definition) is 1. The standard InChI is InChI=1S/C17H16ClNO4/c18-13-4-6-14(7-5-13)19-16(11-23-17(19)21)12-2-1-3-15(10-12)22-9-8-20/h1-7,10,16,20H,8-9,11H2/t16-/m1/s1. The summed E-state index contributed by atoms with van der Waals surface area (Å²) in [6, 6.07) is 14.2. The molecule has 0 aromatic heterocycles. The van der Waals surface area contributed by atoms with Crippen LogP contribution in [0.15, 0.2) is 48.5 Å². The molecule has 5 nitrogen and oxygen atoms in total. The van der Waals surface area contributed by atoms with Gasteiger partial charge in [-0.05, 0) is 42.0 Å². The normalized spacial score (nSPS) is 17.2. The lowest BCUT2D eigenvalue weighted by Gasteiger charge is -2.22. The van der Waals surface area contributed by atoms with Crippen LogP contribution in [0.3, 0.4) is 0 Å². The van der Waals surface area contributed by atoms with Gasteiger partial charge in [0.05, 0.1) is 12.6 Å². The van der Waals surface area contributed by atoms with Crippen LogP contribution in [0, 0.1) is 0 Å². The molecule has 1 fully saturated rings. The Kier molecular flexibility index (Phi) is 4.69. The number of ether oxygens (including phenoxy) is 2. The SMILES string of the molecule is O=C1OC[C@H](c2cccc(OCCO)c2)N1c1ccc(Cl)cc1. The maximum absolute atomic E-state index is 12.1. The van der Waals surface area contributed by atoms with E-state index in [1.54, 1.807) is 29.2 Å². The monoisotopic (exact) mass is 333 g/mol. The molecule has 1 amide bonds. The van der Waals surface area contributed by atoms with Crippen LogP contribution in [0.4, 0.5) is 10.5 Å². The molecule has 120 valence electrons. The Labute approximate surface area is 139 Å². The lowest BCUT2D eigenvalue weighted by molar-refractivity contribution is 0.179. The lowest BCUT2D eigenvalue weighted by atomic mass is 10.1. The number of anilines is 1. The first-order valence-corrected chi connectivity index (χ1v) is 7.62. The Bertz CT molecular complexity index is 689. The number of nitrogens with zero attached hydrogens (tertiary/aromatic N) is 1. The van der Waals surface area contributed by atoms with E-state index in [-0.39, 0.29) is 32.0 Å². The fourth-order valence-corrected chi connectivity index (χ4v) is 2.65. The van der Waals surface area contributed by atoms with E-state index in [1.807, 2.05) is 24.3 Å². The first-order chi connectivity index (χ1) is 11.2. The van der Waals surface area contributed by atoms with Gasteiger partial charge in [-0.1, -0.05) is 23.7 Å². The average molecular weight is 334 g/mol. The summed E-state index contributed by atoms with van der Waals surface area (Å²) >= 11 is 5.91. The molecule has 23 heavy (non-hydrogen) atoms. The number of aliphatic hydroxyl groups excluding tert-OH is 1. The van der Waals surface area contributed by atoms with Crippen LogP contribution in [-0.2, 0) is 4.74 Å². The molecule has 0 aliphatic carbocycles. The van der Waals surface area contributed by atoms with Crippen molar-refractivity contribution in [1.82, 2.24) is 0 Å². The van der Waals surface area contributed by atoms with Crippen LogP contribution in [0.25, 0.3) is 0 Å². The second-order valence-electron chi connectivity index (χ2n) is 5.08. The first kappa shape index (κ1) is 15.6. The molecular weight excluding hydrogens is 318 g/mol. The number of rotatable bonds is 5. The molecule has 1 N–H and O–H groups in total. The Morgan fingerprint density at radius 3 is 2.78 bits per heavy atom. The predicted molar refractivity (Wildman–Crippen MR) is 87.0 cm³/mol. The van der Waals surface area contributed by atoms with Gasteiger partial charge >= 0.3 is 6.09 Å². The van der Waals surface area contributed by atoms with Crippen LogP contribution in [0.1, 0.15) is 11.6 Å². The van der Waals surface area contributed by atoms with Gasteiger partial charge in [-0.15, -0.1) is 0 Å². The Morgan fingerprint density at radius 1 is 1.26 bits per heavy atom. The molecule has 0 spiro atoms. The van der Waals surface area contributed by atoms with Gasteiger partial charge in [0.25, 0.3) is 0 Å². The molecular formula is C17H16ClNO4. The van der Waals surface area contributed by atoms with Crippen molar-refractivity contribution in [1.29, 1.82) is 0 Å². The smallest absolute Gasteiger partial charge is 0.415 e. The highest BCUT2D eigenvalue weighted by molar-refractivity contribution is 6.30. The predicted octanol–water partition coefficient (Wildman–Crippen LogP) is 3.41. The molecule has 1 heterocycles. The minimum Gasteiger partial charge on any atom is -0.491 e. The molecule has 0 saturated carbocycles. The highest BCUT2D eigenvalue weighted by Gasteiger charge is 2.35. The second-order valence-corrected chi connectivity index (χ2v) is 5.52. The van der Waals surface area contributed by atoms with Gasteiger partial charge in [0.1, 0.15) is 19.0 Å². The van der Waals surface area contributed by atoms with E-state index >= 15 is 0 Å². The summed E-state index contributed by atoms with van der Waals surface area (Å²) in [5.74, 6) is 0.645. The maximum Gasteiger partial charge on any atom is 0.415 e. The minimum absolute atomic E-state index is 0.0495. The molecule has 2 aromatic rings. The molecule has 1 aliphatic heterocycles. The largest absolute Gasteiger partial charge is 0.491 e. The van der Waals surface area contributed by atoms with E-state index < -0.39 is 0 Å². The van der Waals surface area contributed by atoms with Crippen LogP contribution in [0.2, 0.25) is 5.02 Å². The van der Waals surface area contributed by atoms with E-state index in [0.29, 0.717) is 10.8 Å². The topological polar surface area (TPSA) is 59.0 Å². The summed E-state index contributed by atoms with van der Waals surface area (Å²) in [6.07, 6.45) is -0.390. The Balaban J connectivity index is 1.88. The molecule has 1 aliphatic rings. The number of carbonyl (C=O) groups is 1. The third kappa shape index (κ3) is 3.41. The van der Waals surface area contributed by atoms with Gasteiger partial charge in [0.2, 0.25) is 0 Å². The number of carbonyl (C=O) groups excluding carboxylic acids is 1. The number of aliphatic hydroxyl groups is 1. The average Bonchev–Trinajstić information content (AvgIpc) is 2.96. The summed E-state index contributed by atoms with van der Waals surface area (Å²) in [4.78, 5) is 13.7.